The van der Waals surface area contributed by atoms with Gasteiger partial charge in [-0.2, -0.15) is 0 Å². The fourth-order valence-electron chi connectivity index (χ4n) is 2.73. The van der Waals surface area contributed by atoms with Crippen LogP contribution in [-0.2, 0) is 4.79 Å². The van der Waals surface area contributed by atoms with Crippen molar-refractivity contribution < 1.29 is 14.3 Å². The molecule has 0 saturated heterocycles. The Hall–Kier alpha value is -2.01. The van der Waals surface area contributed by atoms with Crippen LogP contribution >= 0.6 is 0 Å². The van der Waals surface area contributed by atoms with E-state index in [0.29, 0.717) is 30.1 Å². The fraction of sp³-hybridized carbons (Fsp3) is 0.550. The maximum Gasteiger partial charge on any atom is 0.257 e. The molecule has 140 valence electrons. The fourth-order valence-corrected chi connectivity index (χ4v) is 2.73. The zero-order chi connectivity index (χ0) is 18.8. The second kappa shape index (κ2) is 10.8. The molecular weight excluding hydrogens is 316 g/mol. The summed E-state index contributed by atoms with van der Waals surface area (Å²) in [6.07, 6.45) is 3.94. The first-order chi connectivity index (χ1) is 11.9. The van der Waals surface area contributed by atoms with E-state index in [0.717, 1.165) is 12.1 Å². The molecule has 1 rings (SSSR count). The molecular formula is C20H32N2O3. The highest BCUT2D eigenvalue weighted by molar-refractivity contribution is 5.77. The first-order valence-electron chi connectivity index (χ1n) is 8.85. The molecule has 5 nitrogen and oxygen atoms in total. The van der Waals surface area contributed by atoms with E-state index in [4.69, 9.17) is 9.47 Å². The van der Waals surface area contributed by atoms with Gasteiger partial charge in [0.2, 0.25) is 0 Å². The highest BCUT2D eigenvalue weighted by Gasteiger charge is 2.13. The summed E-state index contributed by atoms with van der Waals surface area (Å²) in [6, 6.07) is 6.54. The van der Waals surface area contributed by atoms with Crippen molar-refractivity contribution in [3.05, 3.63) is 29.8 Å². The summed E-state index contributed by atoms with van der Waals surface area (Å²) in [5.41, 5.74) is 1.03. The van der Waals surface area contributed by atoms with Gasteiger partial charge in [0.15, 0.2) is 18.1 Å². The minimum Gasteiger partial charge on any atom is -0.493 e. The molecule has 0 heterocycles. The third-order valence-electron chi connectivity index (χ3n) is 3.92. The van der Waals surface area contributed by atoms with E-state index >= 15 is 0 Å². The van der Waals surface area contributed by atoms with E-state index in [-0.39, 0.29) is 12.5 Å². The molecule has 0 bridgehead atoms. The number of carbonyl (C=O) groups excluding carboxylic acids is 1. The van der Waals surface area contributed by atoms with Crippen LogP contribution in [0, 0.1) is 0 Å². The Balaban J connectivity index is 2.48. The Morgan fingerprint density at radius 1 is 1.20 bits per heavy atom. The molecule has 0 aromatic heterocycles. The highest BCUT2D eigenvalue weighted by atomic mass is 16.5. The summed E-state index contributed by atoms with van der Waals surface area (Å²) in [4.78, 5) is 14.3. The van der Waals surface area contributed by atoms with Gasteiger partial charge in [0.1, 0.15) is 0 Å². The van der Waals surface area contributed by atoms with E-state index in [9.17, 15) is 4.79 Å². The second-order valence-corrected chi connectivity index (χ2v) is 6.47. The van der Waals surface area contributed by atoms with Gasteiger partial charge >= 0.3 is 0 Å². The number of methoxy groups -OCH3 is 1. The number of nitrogens with one attached hydrogen (secondary N) is 1. The Bertz CT molecular complexity index is 560. The van der Waals surface area contributed by atoms with Gasteiger partial charge in [0.05, 0.1) is 7.11 Å². The Kier molecular flexibility index (Phi) is 9.06. The molecule has 5 heteroatoms. The topological polar surface area (TPSA) is 50.8 Å². The largest absolute Gasteiger partial charge is 0.493 e. The van der Waals surface area contributed by atoms with Gasteiger partial charge < -0.3 is 14.8 Å². The Labute approximate surface area is 152 Å². The molecule has 0 atom stereocenters. The highest BCUT2D eigenvalue weighted by Crippen LogP contribution is 2.28. The molecule has 0 aliphatic heterocycles. The van der Waals surface area contributed by atoms with Gasteiger partial charge in [-0.25, -0.2) is 0 Å². The lowest BCUT2D eigenvalue weighted by molar-refractivity contribution is -0.123. The summed E-state index contributed by atoms with van der Waals surface area (Å²) in [5.74, 6) is 1.05. The van der Waals surface area contributed by atoms with Crippen LogP contribution < -0.4 is 14.8 Å². The molecule has 0 aliphatic carbocycles. The average Bonchev–Trinajstić information content (AvgIpc) is 2.56. The molecule has 1 amide bonds. The Morgan fingerprint density at radius 2 is 1.88 bits per heavy atom. The molecule has 0 saturated carbocycles. The quantitative estimate of drug-likeness (QED) is 0.704. The monoisotopic (exact) mass is 348 g/mol. The number of rotatable bonds is 10. The first-order valence-corrected chi connectivity index (χ1v) is 8.85. The minimum absolute atomic E-state index is 0.0251. The molecule has 1 aromatic carbocycles. The number of hydrogen-bond acceptors (Lipinski definition) is 4. The third kappa shape index (κ3) is 7.18. The van der Waals surface area contributed by atoms with Crippen LogP contribution in [0.3, 0.4) is 0 Å². The molecule has 1 N–H and O–H groups in total. The normalized spacial score (nSPS) is 11.6. The maximum atomic E-state index is 12.0. The zero-order valence-corrected chi connectivity index (χ0v) is 16.3. The van der Waals surface area contributed by atoms with E-state index in [2.05, 4.69) is 37.9 Å². The Morgan fingerprint density at radius 3 is 2.44 bits per heavy atom. The van der Waals surface area contributed by atoms with Crippen LogP contribution in [0.25, 0.3) is 6.08 Å². The predicted molar refractivity (Wildman–Crippen MR) is 103 cm³/mol. The summed E-state index contributed by atoms with van der Waals surface area (Å²) in [5, 5.41) is 2.90. The van der Waals surface area contributed by atoms with E-state index in [1.165, 1.54) is 0 Å². The number of hydrogen-bond donors (Lipinski definition) is 1. The van der Waals surface area contributed by atoms with Crippen molar-refractivity contribution >= 4 is 12.0 Å². The van der Waals surface area contributed by atoms with Gasteiger partial charge in [-0.05, 0) is 52.3 Å². The van der Waals surface area contributed by atoms with Crippen molar-refractivity contribution in [2.45, 2.75) is 46.7 Å². The number of carbonyl (C=O) groups is 1. The number of ether oxygens (including phenoxy) is 2. The number of nitrogens with zero attached hydrogens (tertiary/aromatic N) is 1. The SMILES string of the molecule is CC=Cc1ccc(OCC(=O)NCCN(C(C)C)C(C)C)c(OC)c1. The van der Waals surface area contributed by atoms with Crippen LogP contribution in [0.1, 0.15) is 40.2 Å². The summed E-state index contributed by atoms with van der Waals surface area (Å²) in [7, 11) is 1.59. The summed E-state index contributed by atoms with van der Waals surface area (Å²) < 4.78 is 10.9. The zero-order valence-electron chi connectivity index (χ0n) is 16.3. The van der Waals surface area contributed by atoms with E-state index < -0.39 is 0 Å². The smallest absolute Gasteiger partial charge is 0.257 e. The lowest BCUT2D eigenvalue weighted by atomic mass is 10.2. The standard InChI is InChI=1S/C20H32N2O3/c1-7-8-17-9-10-18(19(13-17)24-6)25-14-20(23)21-11-12-22(15(2)3)16(4)5/h7-10,13,15-16H,11-12,14H2,1-6H3,(H,21,23). The van der Waals surface area contributed by atoms with Crippen LogP contribution in [-0.4, -0.2) is 49.7 Å². The van der Waals surface area contributed by atoms with Gasteiger partial charge in [-0.3, -0.25) is 9.69 Å². The number of amides is 1. The van der Waals surface area contributed by atoms with Crippen LogP contribution in [0.5, 0.6) is 11.5 Å². The van der Waals surface area contributed by atoms with Crippen molar-refractivity contribution in [3.8, 4) is 11.5 Å². The first kappa shape index (κ1) is 21.0. The lowest BCUT2D eigenvalue weighted by Gasteiger charge is -2.30. The van der Waals surface area contributed by atoms with Crippen LogP contribution in [0.2, 0.25) is 0 Å². The van der Waals surface area contributed by atoms with Crippen molar-refractivity contribution in [3.63, 3.8) is 0 Å². The van der Waals surface area contributed by atoms with Gasteiger partial charge in [-0.15, -0.1) is 0 Å². The third-order valence-corrected chi connectivity index (χ3v) is 3.92. The van der Waals surface area contributed by atoms with E-state index in [1.807, 2.05) is 37.3 Å². The van der Waals surface area contributed by atoms with Crippen LogP contribution in [0.15, 0.2) is 24.3 Å². The van der Waals surface area contributed by atoms with Crippen LogP contribution in [0.4, 0.5) is 0 Å². The van der Waals surface area contributed by atoms with Crippen molar-refractivity contribution in [1.29, 1.82) is 0 Å². The molecule has 25 heavy (non-hydrogen) atoms. The van der Waals surface area contributed by atoms with Gasteiger partial charge in [0.25, 0.3) is 5.91 Å². The van der Waals surface area contributed by atoms with Crippen molar-refractivity contribution in [2.75, 3.05) is 26.8 Å². The second-order valence-electron chi connectivity index (χ2n) is 6.47. The molecule has 0 spiro atoms. The van der Waals surface area contributed by atoms with E-state index in [1.54, 1.807) is 7.11 Å². The lowest BCUT2D eigenvalue weighted by Crippen LogP contribution is -2.43. The molecule has 0 aliphatic rings. The number of allylic oxidation sites excluding steroid dienone is 1. The molecule has 1 aromatic rings. The molecule has 0 radical (unpaired) electrons. The predicted octanol–water partition coefficient (Wildman–Crippen LogP) is 3.34. The molecule has 0 fully saturated rings. The van der Waals surface area contributed by atoms with Crippen molar-refractivity contribution in [2.24, 2.45) is 0 Å². The summed E-state index contributed by atoms with van der Waals surface area (Å²) >= 11 is 0. The van der Waals surface area contributed by atoms with Gasteiger partial charge in [-0.1, -0.05) is 18.2 Å². The minimum atomic E-state index is -0.132. The van der Waals surface area contributed by atoms with Crippen molar-refractivity contribution in [1.82, 2.24) is 10.2 Å². The summed E-state index contributed by atoms with van der Waals surface area (Å²) in [6.45, 7) is 12.0. The molecule has 0 unspecified atom stereocenters. The number of benzene rings is 1. The van der Waals surface area contributed by atoms with Gasteiger partial charge in [0, 0.05) is 25.2 Å². The maximum absolute atomic E-state index is 12.0. The average molecular weight is 348 g/mol.